The number of benzene rings is 1. The highest BCUT2D eigenvalue weighted by molar-refractivity contribution is 6.03. The molecular formula is C16H17N3O. The van der Waals surface area contributed by atoms with Gasteiger partial charge in [0, 0.05) is 12.4 Å². The van der Waals surface area contributed by atoms with Crippen LogP contribution in [0.3, 0.4) is 0 Å². The van der Waals surface area contributed by atoms with Gasteiger partial charge in [0.25, 0.3) is 5.91 Å². The lowest BCUT2D eigenvalue weighted by Gasteiger charge is -2.10. The lowest BCUT2D eigenvalue weighted by Crippen LogP contribution is -2.22. The Labute approximate surface area is 118 Å². The number of hydrazone groups is 1. The van der Waals surface area contributed by atoms with Crippen molar-refractivity contribution in [1.29, 1.82) is 0 Å². The van der Waals surface area contributed by atoms with Gasteiger partial charge in [-0.2, -0.15) is 5.10 Å². The van der Waals surface area contributed by atoms with Gasteiger partial charge in [-0.15, -0.1) is 0 Å². The summed E-state index contributed by atoms with van der Waals surface area (Å²) in [5.74, 6) is -0.0428. The summed E-state index contributed by atoms with van der Waals surface area (Å²) in [5.41, 5.74) is 4.94. The summed E-state index contributed by atoms with van der Waals surface area (Å²) in [4.78, 5) is 15.9. The monoisotopic (exact) mass is 267 g/mol. The highest BCUT2D eigenvalue weighted by atomic mass is 16.2. The predicted molar refractivity (Wildman–Crippen MR) is 79.5 cm³/mol. The van der Waals surface area contributed by atoms with Gasteiger partial charge in [0.2, 0.25) is 0 Å². The third-order valence-electron chi connectivity index (χ3n) is 2.82. The summed E-state index contributed by atoms with van der Waals surface area (Å²) in [6, 6.07) is 13.3. The van der Waals surface area contributed by atoms with E-state index >= 15 is 0 Å². The molecule has 1 amide bonds. The molecule has 0 atom stereocenters. The molecule has 0 aliphatic carbocycles. The molecule has 1 N–H and O–H groups in total. The Hall–Kier alpha value is -2.49. The standard InChI is InChI=1S/C16H17N3O/c1-12(2)15(13-7-4-3-5-8-13)18-19-16(20)14-9-6-10-17-11-14/h3-12H,1-2H3,(H,19,20). The summed E-state index contributed by atoms with van der Waals surface area (Å²) in [6.45, 7) is 4.09. The average molecular weight is 267 g/mol. The molecule has 0 aliphatic heterocycles. The van der Waals surface area contributed by atoms with Gasteiger partial charge in [-0.3, -0.25) is 9.78 Å². The number of nitrogens with one attached hydrogen (secondary N) is 1. The zero-order chi connectivity index (χ0) is 14.4. The maximum absolute atomic E-state index is 11.9. The fraction of sp³-hybridized carbons (Fsp3) is 0.188. The van der Waals surface area contributed by atoms with E-state index in [9.17, 15) is 4.79 Å². The highest BCUT2D eigenvalue weighted by Crippen LogP contribution is 2.09. The van der Waals surface area contributed by atoms with Gasteiger partial charge in [0.1, 0.15) is 0 Å². The minimum Gasteiger partial charge on any atom is -0.267 e. The smallest absolute Gasteiger partial charge is 0.267 e. The van der Waals surface area contributed by atoms with E-state index in [0.717, 1.165) is 11.3 Å². The molecule has 2 rings (SSSR count). The third-order valence-corrected chi connectivity index (χ3v) is 2.82. The average Bonchev–Trinajstić information content (AvgIpc) is 2.49. The first kappa shape index (κ1) is 13.9. The van der Waals surface area contributed by atoms with E-state index in [1.807, 2.05) is 44.2 Å². The van der Waals surface area contributed by atoms with Crippen molar-refractivity contribution in [2.24, 2.45) is 11.0 Å². The number of hydrogen-bond donors (Lipinski definition) is 1. The van der Waals surface area contributed by atoms with E-state index in [-0.39, 0.29) is 11.8 Å². The molecule has 102 valence electrons. The quantitative estimate of drug-likeness (QED) is 0.684. The first-order chi connectivity index (χ1) is 9.68. The van der Waals surface area contributed by atoms with Crippen LogP contribution in [0, 0.1) is 5.92 Å². The summed E-state index contributed by atoms with van der Waals surface area (Å²) >= 11 is 0. The minimum atomic E-state index is -0.257. The minimum absolute atomic E-state index is 0.214. The van der Waals surface area contributed by atoms with E-state index in [4.69, 9.17) is 0 Å². The Morgan fingerprint density at radius 3 is 2.40 bits per heavy atom. The number of hydrogen-bond acceptors (Lipinski definition) is 3. The SMILES string of the molecule is CC(C)C(=NNC(=O)c1cccnc1)c1ccccc1. The van der Waals surface area contributed by atoms with Crippen molar-refractivity contribution in [1.82, 2.24) is 10.4 Å². The third kappa shape index (κ3) is 3.51. The van der Waals surface area contributed by atoms with Gasteiger partial charge in [0.05, 0.1) is 11.3 Å². The zero-order valence-corrected chi connectivity index (χ0v) is 11.6. The normalized spacial score (nSPS) is 11.4. The first-order valence-electron chi connectivity index (χ1n) is 6.52. The molecule has 0 saturated heterocycles. The first-order valence-corrected chi connectivity index (χ1v) is 6.52. The van der Waals surface area contributed by atoms with Gasteiger partial charge in [-0.25, -0.2) is 5.43 Å². The summed E-state index contributed by atoms with van der Waals surface area (Å²) in [7, 11) is 0. The lowest BCUT2D eigenvalue weighted by molar-refractivity contribution is 0.0954. The maximum atomic E-state index is 11.9. The van der Waals surface area contributed by atoms with Crippen LogP contribution in [0.15, 0.2) is 60.0 Å². The van der Waals surface area contributed by atoms with E-state index < -0.39 is 0 Å². The maximum Gasteiger partial charge on any atom is 0.272 e. The predicted octanol–water partition coefficient (Wildman–Crippen LogP) is 2.87. The largest absolute Gasteiger partial charge is 0.272 e. The molecule has 1 heterocycles. The second kappa shape index (κ2) is 6.61. The molecule has 4 nitrogen and oxygen atoms in total. The van der Waals surface area contributed by atoms with Crippen LogP contribution in [-0.4, -0.2) is 16.6 Å². The molecule has 1 aromatic carbocycles. The molecule has 2 aromatic rings. The van der Waals surface area contributed by atoms with Gasteiger partial charge in [-0.1, -0.05) is 44.2 Å². The highest BCUT2D eigenvalue weighted by Gasteiger charge is 2.10. The van der Waals surface area contributed by atoms with Crippen LogP contribution in [0.5, 0.6) is 0 Å². The van der Waals surface area contributed by atoms with E-state index in [1.165, 1.54) is 6.20 Å². The second-order valence-corrected chi connectivity index (χ2v) is 4.70. The van der Waals surface area contributed by atoms with Crippen LogP contribution in [0.4, 0.5) is 0 Å². The van der Waals surface area contributed by atoms with Crippen LogP contribution < -0.4 is 5.43 Å². The molecular weight excluding hydrogens is 250 g/mol. The van der Waals surface area contributed by atoms with Crippen molar-refractivity contribution in [2.45, 2.75) is 13.8 Å². The molecule has 4 heteroatoms. The molecule has 0 fully saturated rings. The Kier molecular flexibility index (Phi) is 4.60. The number of aromatic nitrogens is 1. The van der Waals surface area contributed by atoms with Crippen LogP contribution in [0.25, 0.3) is 0 Å². The van der Waals surface area contributed by atoms with Gasteiger partial charge >= 0.3 is 0 Å². The Morgan fingerprint density at radius 2 is 1.80 bits per heavy atom. The summed E-state index contributed by atoms with van der Waals surface area (Å²) in [5, 5.41) is 4.26. The van der Waals surface area contributed by atoms with Crippen molar-refractivity contribution < 1.29 is 4.79 Å². The zero-order valence-electron chi connectivity index (χ0n) is 11.6. The van der Waals surface area contributed by atoms with Crippen molar-refractivity contribution in [3.05, 3.63) is 66.0 Å². The van der Waals surface area contributed by atoms with Crippen molar-refractivity contribution >= 4 is 11.6 Å². The second-order valence-electron chi connectivity index (χ2n) is 4.70. The summed E-state index contributed by atoms with van der Waals surface area (Å²) in [6.07, 6.45) is 3.14. The number of amides is 1. The Morgan fingerprint density at radius 1 is 1.10 bits per heavy atom. The topological polar surface area (TPSA) is 54.4 Å². The van der Waals surface area contributed by atoms with Crippen LogP contribution >= 0.6 is 0 Å². The molecule has 0 aliphatic rings. The van der Waals surface area contributed by atoms with Crippen molar-refractivity contribution in [3.8, 4) is 0 Å². The fourth-order valence-corrected chi connectivity index (χ4v) is 1.81. The number of carbonyl (C=O) groups is 1. The Bertz CT molecular complexity index is 592. The molecule has 20 heavy (non-hydrogen) atoms. The van der Waals surface area contributed by atoms with Crippen LogP contribution in [0.2, 0.25) is 0 Å². The van der Waals surface area contributed by atoms with Gasteiger partial charge < -0.3 is 0 Å². The number of rotatable bonds is 4. The fourth-order valence-electron chi connectivity index (χ4n) is 1.81. The number of pyridine rings is 1. The molecule has 0 unspecified atom stereocenters. The lowest BCUT2D eigenvalue weighted by atomic mass is 10.0. The molecule has 1 aromatic heterocycles. The van der Waals surface area contributed by atoms with Crippen molar-refractivity contribution in [2.75, 3.05) is 0 Å². The van der Waals surface area contributed by atoms with Crippen molar-refractivity contribution in [3.63, 3.8) is 0 Å². The summed E-state index contributed by atoms with van der Waals surface area (Å²) < 4.78 is 0. The van der Waals surface area contributed by atoms with E-state index in [2.05, 4.69) is 15.5 Å². The van der Waals surface area contributed by atoms with Gasteiger partial charge in [-0.05, 0) is 23.6 Å². The van der Waals surface area contributed by atoms with Gasteiger partial charge in [0.15, 0.2) is 0 Å². The number of nitrogens with zero attached hydrogens (tertiary/aromatic N) is 2. The number of carbonyl (C=O) groups excluding carboxylic acids is 1. The molecule has 0 saturated carbocycles. The molecule has 0 spiro atoms. The molecule has 0 radical (unpaired) electrons. The van der Waals surface area contributed by atoms with E-state index in [0.29, 0.717) is 5.56 Å². The Balaban J connectivity index is 2.17. The molecule has 0 bridgehead atoms. The van der Waals surface area contributed by atoms with Crippen LogP contribution in [0.1, 0.15) is 29.8 Å². The van der Waals surface area contributed by atoms with E-state index in [1.54, 1.807) is 18.3 Å². The van der Waals surface area contributed by atoms with Crippen LogP contribution in [-0.2, 0) is 0 Å².